The number of halogens is 1. The van der Waals surface area contributed by atoms with Crippen molar-refractivity contribution in [1.82, 2.24) is 10.6 Å². The Morgan fingerprint density at radius 3 is 2.67 bits per heavy atom. The van der Waals surface area contributed by atoms with Crippen molar-refractivity contribution >= 4 is 50.8 Å². The molecule has 0 radical (unpaired) electrons. The summed E-state index contributed by atoms with van der Waals surface area (Å²) < 4.78 is 5.58. The molecule has 1 unspecified atom stereocenters. The second-order valence-electron chi connectivity index (χ2n) is 4.84. The lowest BCUT2D eigenvalue weighted by atomic mass is 10.2. The van der Waals surface area contributed by atoms with Crippen molar-refractivity contribution in [3.05, 3.63) is 34.2 Å². The minimum atomic E-state index is -1.22. The van der Waals surface area contributed by atoms with E-state index in [1.54, 1.807) is 6.07 Å². The topological polar surface area (TPSA) is 105 Å². The van der Waals surface area contributed by atoms with Gasteiger partial charge in [-0.15, -0.1) is 11.3 Å². The van der Waals surface area contributed by atoms with Crippen molar-refractivity contribution in [2.75, 3.05) is 20.3 Å². The normalized spacial score (nSPS) is 11.9. The maximum absolute atomic E-state index is 12.2. The van der Waals surface area contributed by atoms with Crippen LogP contribution in [0, 0.1) is 0 Å². The molecule has 128 valence electrons. The molecule has 24 heavy (non-hydrogen) atoms. The minimum absolute atomic E-state index is 0.169. The number of aliphatic carboxylic acids is 1. The van der Waals surface area contributed by atoms with Gasteiger partial charge in [0, 0.05) is 17.2 Å². The number of benzene rings is 1. The van der Waals surface area contributed by atoms with E-state index in [4.69, 9.17) is 21.4 Å². The summed E-state index contributed by atoms with van der Waals surface area (Å²) in [6.45, 7) is -0.534. The maximum atomic E-state index is 12.2. The molecule has 1 aromatic heterocycles. The summed E-state index contributed by atoms with van der Waals surface area (Å²) in [7, 11) is 1.33. The molecule has 1 heterocycles. The van der Waals surface area contributed by atoms with Gasteiger partial charge in [0.2, 0.25) is 5.91 Å². The molecule has 1 atom stereocenters. The van der Waals surface area contributed by atoms with Gasteiger partial charge in [0.05, 0.1) is 18.2 Å². The van der Waals surface area contributed by atoms with Crippen molar-refractivity contribution in [3.8, 4) is 0 Å². The molecule has 2 aromatic rings. The van der Waals surface area contributed by atoms with E-state index >= 15 is 0 Å². The van der Waals surface area contributed by atoms with E-state index in [0.29, 0.717) is 9.90 Å². The third-order valence-corrected chi connectivity index (χ3v) is 4.79. The molecule has 7 nitrogen and oxygen atoms in total. The molecule has 2 amide bonds. The molecule has 0 saturated heterocycles. The highest BCUT2D eigenvalue weighted by molar-refractivity contribution is 7.21. The average Bonchev–Trinajstić information content (AvgIpc) is 2.89. The standard InChI is InChI=1S/C15H15ClN2O5S/c1-23-7-9(15(21)22)18-11(19)6-17-14(20)13-12(16)8-4-2-3-5-10(8)24-13/h2-5,9H,6-7H2,1H3,(H,17,20)(H,18,19)(H,21,22). The quantitative estimate of drug-likeness (QED) is 0.685. The van der Waals surface area contributed by atoms with Crippen LogP contribution < -0.4 is 10.6 Å². The molecule has 0 saturated carbocycles. The van der Waals surface area contributed by atoms with Crippen LogP contribution >= 0.6 is 22.9 Å². The molecule has 0 spiro atoms. The first-order valence-electron chi connectivity index (χ1n) is 6.90. The SMILES string of the molecule is COCC(NC(=O)CNC(=O)c1sc2ccccc2c1Cl)C(=O)O. The first kappa shape index (κ1) is 18.2. The Morgan fingerprint density at radius 2 is 2.04 bits per heavy atom. The fourth-order valence-electron chi connectivity index (χ4n) is 1.99. The number of fused-ring (bicyclic) bond motifs is 1. The lowest BCUT2D eigenvalue weighted by molar-refractivity contribution is -0.143. The molecular weight excluding hydrogens is 356 g/mol. The Kier molecular flexibility index (Phi) is 6.13. The Hall–Kier alpha value is -2.16. The molecule has 0 aliphatic carbocycles. The number of rotatable bonds is 7. The van der Waals surface area contributed by atoms with E-state index in [1.165, 1.54) is 18.4 Å². The van der Waals surface area contributed by atoms with Gasteiger partial charge < -0.3 is 20.5 Å². The first-order chi connectivity index (χ1) is 11.4. The van der Waals surface area contributed by atoms with Crippen LogP contribution in [-0.2, 0) is 14.3 Å². The molecule has 9 heteroatoms. The van der Waals surface area contributed by atoms with E-state index in [9.17, 15) is 14.4 Å². The second kappa shape index (κ2) is 8.09. The van der Waals surface area contributed by atoms with Gasteiger partial charge >= 0.3 is 5.97 Å². The zero-order chi connectivity index (χ0) is 17.7. The zero-order valence-electron chi connectivity index (χ0n) is 12.7. The van der Waals surface area contributed by atoms with Crippen LogP contribution in [0.3, 0.4) is 0 Å². The number of amides is 2. The predicted molar refractivity (Wildman–Crippen MR) is 90.6 cm³/mol. The number of carbonyl (C=O) groups excluding carboxylic acids is 2. The summed E-state index contributed by atoms with van der Waals surface area (Å²) >= 11 is 7.41. The summed E-state index contributed by atoms with van der Waals surface area (Å²) in [6, 6.07) is 6.13. The number of ether oxygens (including phenoxy) is 1. The summed E-state index contributed by atoms with van der Waals surface area (Å²) in [4.78, 5) is 35.2. The fourth-order valence-corrected chi connectivity index (χ4v) is 3.42. The average molecular weight is 371 g/mol. The van der Waals surface area contributed by atoms with Crippen molar-refractivity contribution in [2.45, 2.75) is 6.04 Å². The van der Waals surface area contributed by atoms with Crippen LogP contribution in [0.15, 0.2) is 24.3 Å². The fraction of sp³-hybridized carbons (Fsp3) is 0.267. The Morgan fingerprint density at radius 1 is 1.33 bits per heavy atom. The van der Waals surface area contributed by atoms with Crippen LogP contribution in [0.4, 0.5) is 0 Å². The van der Waals surface area contributed by atoms with Crippen molar-refractivity contribution < 1.29 is 24.2 Å². The lowest BCUT2D eigenvalue weighted by Crippen LogP contribution is -2.47. The van der Waals surface area contributed by atoms with E-state index in [1.807, 2.05) is 18.2 Å². The molecule has 2 rings (SSSR count). The van der Waals surface area contributed by atoms with Gasteiger partial charge in [-0.3, -0.25) is 9.59 Å². The molecule has 1 aromatic carbocycles. The summed E-state index contributed by atoms with van der Waals surface area (Å²) in [5, 5.41) is 14.7. The largest absolute Gasteiger partial charge is 0.480 e. The van der Waals surface area contributed by atoms with Gasteiger partial charge in [-0.2, -0.15) is 0 Å². The maximum Gasteiger partial charge on any atom is 0.328 e. The predicted octanol–water partition coefficient (Wildman–Crippen LogP) is 1.50. The molecule has 0 fully saturated rings. The summed E-state index contributed by atoms with van der Waals surface area (Å²) in [6.07, 6.45) is 0. The smallest absolute Gasteiger partial charge is 0.328 e. The number of hydrogen-bond donors (Lipinski definition) is 3. The van der Waals surface area contributed by atoms with Crippen LogP contribution in [0.1, 0.15) is 9.67 Å². The highest BCUT2D eigenvalue weighted by atomic mass is 35.5. The molecule has 0 aliphatic rings. The van der Waals surface area contributed by atoms with Crippen molar-refractivity contribution in [2.24, 2.45) is 0 Å². The molecule has 3 N–H and O–H groups in total. The van der Waals surface area contributed by atoms with Gasteiger partial charge in [0.25, 0.3) is 5.91 Å². The lowest BCUT2D eigenvalue weighted by Gasteiger charge is -2.13. The van der Waals surface area contributed by atoms with Crippen molar-refractivity contribution in [3.63, 3.8) is 0 Å². The van der Waals surface area contributed by atoms with E-state index in [-0.39, 0.29) is 13.2 Å². The van der Waals surface area contributed by atoms with Crippen LogP contribution in [0.25, 0.3) is 10.1 Å². The third kappa shape index (κ3) is 4.22. The zero-order valence-corrected chi connectivity index (χ0v) is 14.2. The van der Waals surface area contributed by atoms with Gasteiger partial charge in [-0.1, -0.05) is 29.8 Å². The van der Waals surface area contributed by atoms with Gasteiger partial charge in [0.15, 0.2) is 6.04 Å². The third-order valence-electron chi connectivity index (χ3n) is 3.12. The van der Waals surface area contributed by atoms with Crippen LogP contribution in [0.5, 0.6) is 0 Å². The summed E-state index contributed by atoms with van der Waals surface area (Å²) in [5.74, 6) is -2.34. The van der Waals surface area contributed by atoms with Gasteiger partial charge in [-0.25, -0.2) is 4.79 Å². The minimum Gasteiger partial charge on any atom is -0.480 e. The first-order valence-corrected chi connectivity index (χ1v) is 8.09. The van der Waals surface area contributed by atoms with E-state index in [0.717, 1.165) is 10.1 Å². The van der Waals surface area contributed by atoms with E-state index in [2.05, 4.69) is 10.6 Å². The number of carboxylic acids is 1. The summed E-state index contributed by atoms with van der Waals surface area (Å²) in [5.41, 5.74) is 0. The Labute approximate surface area is 146 Å². The Balaban J connectivity index is 1.98. The number of thiophene rings is 1. The van der Waals surface area contributed by atoms with E-state index < -0.39 is 23.8 Å². The van der Waals surface area contributed by atoms with Crippen LogP contribution in [-0.4, -0.2) is 49.2 Å². The van der Waals surface area contributed by atoms with Crippen LogP contribution in [0.2, 0.25) is 5.02 Å². The number of hydrogen-bond acceptors (Lipinski definition) is 5. The molecular formula is C15H15ClN2O5S. The highest BCUT2D eigenvalue weighted by Gasteiger charge is 2.21. The monoisotopic (exact) mass is 370 g/mol. The number of carbonyl (C=O) groups is 3. The number of nitrogens with one attached hydrogen (secondary N) is 2. The second-order valence-corrected chi connectivity index (χ2v) is 6.27. The Bertz CT molecular complexity index is 776. The molecule has 0 aliphatic heterocycles. The van der Waals surface area contributed by atoms with Crippen molar-refractivity contribution in [1.29, 1.82) is 0 Å². The highest BCUT2D eigenvalue weighted by Crippen LogP contribution is 2.34. The number of carboxylic acid groups (broad SMARTS) is 1. The van der Waals surface area contributed by atoms with Gasteiger partial charge in [0.1, 0.15) is 4.88 Å². The molecule has 0 bridgehead atoms. The number of methoxy groups -OCH3 is 1. The van der Waals surface area contributed by atoms with Gasteiger partial charge in [-0.05, 0) is 6.07 Å².